The van der Waals surface area contributed by atoms with Gasteiger partial charge in [-0.2, -0.15) is 0 Å². The third-order valence-corrected chi connectivity index (χ3v) is 3.39. The van der Waals surface area contributed by atoms with Crippen LogP contribution in [0.2, 0.25) is 0 Å². The molecule has 1 atom stereocenters. The van der Waals surface area contributed by atoms with Crippen molar-refractivity contribution in [3.8, 4) is 0 Å². The highest BCUT2D eigenvalue weighted by atomic mass is 15.1. The molecule has 98 valence electrons. The van der Waals surface area contributed by atoms with Crippen molar-refractivity contribution in [1.29, 1.82) is 0 Å². The van der Waals surface area contributed by atoms with E-state index in [1.807, 2.05) is 6.08 Å². The third kappa shape index (κ3) is 4.80. The largest absolute Gasteiger partial charge is 0.368 e. The first-order valence-corrected chi connectivity index (χ1v) is 6.34. The molecule has 0 spiro atoms. The van der Waals surface area contributed by atoms with Gasteiger partial charge in [0, 0.05) is 18.8 Å². The number of likely N-dealkylation sites (N-methyl/N-ethyl adjacent to an activating group) is 1. The minimum absolute atomic E-state index is 0.200. The van der Waals surface area contributed by atoms with E-state index in [0.717, 1.165) is 5.70 Å². The van der Waals surface area contributed by atoms with Crippen LogP contribution in [0.5, 0.6) is 0 Å². The Hall–Kier alpha value is -0.980. The van der Waals surface area contributed by atoms with Gasteiger partial charge in [0.1, 0.15) is 0 Å². The van der Waals surface area contributed by atoms with E-state index in [1.165, 1.54) is 5.57 Å². The molecule has 0 amide bonds. The van der Waals surface area contributed by atoms with Crippen molar-refractivity contribution in [1.82, 2.24) is 4.90 Å². The molecule has 0 N–H and O–H groups in total. The van der Waals surface area contributed by atoms with E-state index in [9.17, 15) is 0 Å². The van der Waals surface area contributed by atoms with Crippen LogP contribution >= 0.6 is 0 Å². The standard InChI is InChI=1S/C16H29N/c1-10-15(12(2)3)17(9)14(5)11-13(4)16(6,7)8/h10-12,15H,1,5H2,2-4,6-9H3/b13-11-/t15-/m1/s1. The predicted molar refractivity (Wildman–Crippen MR) is 78.9 cm³/mol. The number of hydrogen-bond acceptors (Lipinski definition) is 1. The maximum Gasteiger partial charge on any atom is 0.0489 e. The maximum atomic E-state index is 4.16. The number of allylic oxidation sites excluding steroid dienone is 2. The van der Waals surface area contributed by atoms with Gasteiger partial charge in [-0.15, -0.1) is 6.58 Å². The summed E-state index contributed by atoms with van der Waals surface area (Å²) in [6.45, 7) is 21.3. The average molecular weight is 235 g/mol. The zero-order valence-electron chi connectivity index (χ0n) is 12.7. The van der Waals surface area contributed by atoms with Crippen LogP contribution in [0.4, 0.5) is 0 Å². The average Bonchev–Trinajstić information content (AvgIpc) is 2.16. The van der Waals surface area contributed by atoms with Gasteiger partial charge in [-0.05, 0) is 24.3 Å². The quantitative estimate of drug-likeness (QED) is 0.496. The molecule has 0 rings (SSSR count). The molecule has 0 aliphatic carbocycles. The van der Waals surface area contributed by atoms with Gasteiger partial charge in [0.2, 0.25) is 0 Å². The maximum absolute atomic E-state index is 4.16. The van der Waals surface area contributed by atoms with Crippen LogP contribution in [0.1, 0.15) is 41.5 Å². The van der Waals surface area contributed by atoms with Crippen LogP contribution in [0.3, 0.4) is 0 Å². The van der Waals surface area contributed by atoms with Crippen molar-refractivity contribution < 1.29 is 0 Å². The van der Waals surface area contributed by atoms with E-state index in [4.69, 9.17) is 0 Å². The first-order valence-electron chi connectivity index (χ1n) is 6.34. The zero-order chi connectivity index (χ0) is 13.8. The molecule has 0 unspecified atom stereocenters. The van der Waals surface area contributed by atoms with E-state index in [0.29, 0.717) is 12.0 Å². The fraction of sp³-hybridized carbons (Fsp3) is 0.625. The van der Waals surface area contributed by atoms with Crippen LogP contribution in [-0.4, -0.2) is 18.0 Å². The summed E-state index contributed by atoms with van der Waals surface area (Å²) in [4.78, 5) is 2.20. The number of rotatable bonds is 5. The molecule has 0 radical (unpaired) electrons. The molecular formula is C16H29N. The third-order valence-electron chi connectivity index (χ3n) is 3.39. The summed E-state index contributed by atoms with van der Waals surface area (Å²) in [6.07, 6.45) is 4.18. The minimum atomic E-state index is 0.200. The monoisotopic (exact) mass is 235 g/mol. The molecule has 0 fully saturated rings. The van der Waals surface area contributed by atoms with Crippen molar-refractivity contribution >= 4 is 0 Å². The first-order chi connectivity index (χ1) is 7.61. The Morgan fingerprint density at radius 2 is 1.71 bits per heavy atom. The Labute approximate surface area is 108 Å². The molecule has 0 aromatic heterocycles. The smallest absolute Gasteiger partial charge is 0.0489 e. The van der Waals surface area contributed by atoms with E-state index in [-0.39, 0.29) is 5.41 Å². The molecule has 0 aliphatic rings. The first kappa shape index (κ1) is 16.0. The Bertz CT molecular complexity index is 302. The van der Waals surface area contributed by atoms with Gasteiger partial charge in [-0.25, -0.2) is 0 Å². The van der Waals surface area contributed by atoms with Gasteiger partial charge in [-0.3, -0.25) is 0 Å². The lowest BCUT2D eigenvalue weighted by Gasteiger charge is -2.32. The summed E-state index contributed by atoms with van der Waals surface area (Å²) in [5.74, 6) is 0.539. The summed E-state index contributed by atoms with van der Waals surface area (Å²) < 4.78 is 0. The molecule has 0 saturated carbocycles. The van der Waals surface area contributed by atoms with Crippen molar-refractivity contribution in [2.75, 3.05) is 7.05 Å². The fourth-order valence-corrected chi connectivity index (χ4v) is 1.64. The lowest BCUT2D eigenvalue weighted by Crippen LogP contribution is -2.32. The van der Waals surface area contributed by atoms with Gasteiger partial charge >= 0.3 is 0 Å². The highest BCUT2D eigenvalue weighted by Crippen LogP contribution is 2.26. The van der Waals surface area contributed by atoms with Gasteiger partial charge in [0.15, 0.2) is 0 Å². The van der Waals surface area contributed by atoms with E-state index < -0.39 is 0 Å². The highest BCUT2D eigenvalue weighted by Gasteiger charge is 2.17. The van der Waals surface area contributed by atoms with Gasteiger partial charge in [-0.1, -0.05) is 52.8 Å². The Kier molecular flexibility index (Phi) is 5.74. The predicted octanol–water partition coefficient (Wildman–Crippen LogP) is 4.63. The van der Waals surface area contributed by atoms with Crippen LogP contribution in [0.15, 0.2) is 36.6 Å². The molecule has 1 nitrogen and oxygen atoms in total. The minimum Gasteiger partial charge on any atom is -0.368 e. The van der Waals surface area contributed by atoms with Gasteiger partial charge < -0.3 is 4.90 Å². The SMILES string of the molecule is C=C[C@H](C(C)C)N(C)C(=C)/C=C(/C)C(C)(C)C. The summed E-state index contributed by atoms with van der Waals surface area (Å²) in [7, 11) is 2.08. The molecule has 0 aliphatic heterocycles. The van der Waals surface area contributed by atoms with Crippen molar-refractivity contribution in [3.63, 3.8) is 0 Å². The van der Waals surface area contributed by atoms with Crippen molar-refractivity contribution in [2.24, 2.45) is 11.3 Å². The molecular weight excluding hydrogens is 206 g/mol. The van der Waals surface area contributed by atoms with Crippen LogP contribution in [0.25, 0.3) is 0 Å². The molecule has 0 heterocycles. The van der Waals surface area contributed by atoms with E-state index in [2.05, 4.69) is 72.7 Å². The normalized spacial score (nSPS) is 14.7. The second-order valence-electron chi connectivity index (χ2n) is 6.15. The van der Waals surface area contributed by atoms with Crippen molar-refractivity contribution in [2.45, 2.75) is 47.6 Å². The molecule has 0 aromatic carbocycles. The molecule has 17 heavy (non-hydrogen) atoms. The molecule has 0 bridgehead atoms. The fourth-order valence-electron chi connectivity index (χ4n) is 1.64. The lowest BCUT2D eigenvalue weighted by molar-refractivity contribution is 0.296. The number of nitrogens with zero attached hydrogens (tertiary/aromatic N) is 1. The topological polar surface area (TPSA) is 3.24 Å². The summed E-state index contributed by atoms with van der Waals surface area (Å²) in [6, 6.07) is 0.339. The van der Waals surface area contributed by atoms with E-state index >= 15 is 0 Å². The van der Waals surface area contributed by atoms with Gasteiger partial charge in [0.25, 0.3) is 0 Å². The Balaban J connectivity index is 4.89. The molecule has 1 heteroatoms. The molecule has 0 saturated heterocycles. The molecule has 0 aromatic rings. The van der Waals surface area contributed by atoms with Crippen LogP contribution < -0.4 is 0 Å². The second-order valence-corrected chi connectivity index (χ2v) is 6.15. The second kappa shape index (κ2) is 6.09. The summed E-state index contributed by atoms with van der Waals surface area (Å²) in [5.41, 5.74) is 2.60. The Morgan fingerprint density at radius 3 is 2.00 bits per heavy atom. The van der Waals surface area contributed by atoms with E-state index in [1.54, 1.807) is 0 Å². The number of hydrogen-bond donors (Lipinski definition) is 0. The lowest BCUT2D eigenvalue weighted by atomic mass is 9.87. The summed E-state index contributed by atoms with van der Waals surface area (Å²) >= 11 is 0. The summed E-state index contributed by atoms with van der Waals surface area (Å²) in [5, 5.41) is 0. The van der Waals surface area contributed by atoms with Gasteiger partial charge in [0.05, 0.1) is 0 Å². The Morgan fingerprint density at radius 1 is 1.24 bits per heavy atom. The van der Waals surface area contributed by atoms with Crippen LogP contribution in [-0.2, 0) is 0 Å². The highest BCUT2D eigenvalue weighted by molar-refractivity contribution is 5.23. The zero-order valence-corrected chi connectivity index (χ0v) is 12.7. The van der Waals surface area contributed by atoms with Crippen molar-refractivity contribution in [3.05, 3.63) is 36.6 Å². The van der Waals surface area contributed by atoms with Crippen LogP contribution in [0, 0.1) is 11.3 Å².